The van der Waals surface area contributed by atoms with Crippen LogP contribution < -0.4 is 5.32 Å². The summed E-state index contributed by atoms with van der Waals surface area (Å²) in [6, 6.07) is 16.1. The predicted molar refractivity (Wildman–Crippen MR) is 92.9 cm³/mol. The second kappa shape index (κ2) is 8.35. The molecule has 1 N–H and O–H groups in total. The molecule has 0 saturated carbocycles. The van der Waals surface area contributed by atoms with E-state index in [1.165, 1.54) is 0 Å². The van der Waals surface area contributed by atoms with Crippen LogP contribution in [0.3, 0.4) is 0 Å². The minimum atomic E-state index is -0.683. The Balaban J connectivity index is 2.25. The molecule has 1 amide bonds. The Labute approximate surface area is 141 Å². The average molecular weight is 319 g/mol. The summed E-state index contributed by atoms with van der Waals surface area (Å²) in [5, 5.41) is 2.58. The summed E-state index contributed by atoms with van der Waals surface area (Å²) in [6.07, 6.45) is 6.66. The van der Waals surface area contributed by atoms with Crippen LogP contribution in [-0.2, 0) is 9.53 Å². The number of carbonyl (C=O) groups is 2. The van der Waals surface area contributed by atoms with Crippen molar-refractivity contribution >= 4 is 18.0 Å². The Hall–Kier alpha value is -3.32. The molecule has 2 aromatic rings. The summed E-state index contributed by atoms with van der Waals surface area (Å²) in [7, 11) is 0. The number of nitrogens with one attached hydrogen (secondary N) is 1. The molecule has 4 heteroatoms. The fraction of sp³-hybridized carbons (Fsp3) is 0.100. The number of carbonyl (C=O) groups excluding carboxylic acids is 2. The molecule has 0 fully saturated rings. The summed E-state index contributed by atoms with van der Waals surface area (Å²) >= 11 is 0. The summed E-state index contributed by atoms with van der Waals surface area (Å²) < 4.78 is 4.93. The Morgan fingerprint density at radius 2 is 1.79 bits per heavy atom. The van der Waals surface area contributed by atoms with Crippen LogP contribution in [0.25, 0.3) is 6.08 Å². The normalized spacial score (nSPS) is 10.6. The van der Waals surface area contributed by atoms with Gasteiger partial charge in [-0.1, -0.05) is 53.9 Å². The highest BCUT2D eigenvalue weighted by molar-refractivity contribution is 6.03. The summed E-state index contributed by atoms with van der Waals surface area (Å²) in [6.45, 7) is 1.80. The molecule has 0 bridgehead atoms. The van der Waals surface area contributed by atoms with Gasteiger partial charge in [0.2, 0.25) is 0 Å². The lowest BCUT2D eigenvalue weighted by molar-refractivity contribution is -0.137. The summed E-state index contributed by atoms with van der Waals surface area (Å²) in [5.41, 5.74) is 2.33. The van der Waals surface area contributed by atoms with Crippen molar-refractivity contribution in [2.45, 2.75) is 6.92 Å². The van der Waals surface area contributed by atoms with E-state index in [1.807, 2.05) is 31.2 Å². The van der Waals surface area contributed by atoms with Crippen molar-refractivity contribution in [2.24, 2.45) is 0 Å². The maximum absolute atomic E-state index is 12.3. The molecule has 0 saturated heterocycles. The fourth-order valence-electron chi connectivity index (χ4n) is 1.94. The van der Waals surface area contributed by atoms with Crippen LogP contribution in [0.1, 0.15) is 21.5 Å². The molecule has 120 valence electrons. The second-order valence-electron chi connectivity index (χ2n) is 5.07. The zero-order valence-electron chi connectivity index (χ0n) is 13.3. The van der Waals surface area contributed by atoms with Gasteiger partial charge in [-0.05, 0) is 30.7 Å². The van der Waals surface area contributed by atoms with Gasteiger partial charge in [0.05, 0.1) is 0 Å². The molecule has 2 rings (SSSR count). The Kier molecular flexibility index (Phi) is 5.93. The first-order chi connectivity index (χ1) is 11.6. The molecule has 0 atom stereocenters. The van der Waals surface area contributed by atoms with Crippen molar-refractivity contribution in [1.29, 1.82) is 0 Å². The molecular formula is C20H17NO3. The number of terminal acetylenes is 1. The van der Waals surface area contributed by atoms with Gasteiger partial charge in [0.1, 0.15) is 5.70 Å². The van der Waals surface area contributed by atoms with E-state index >= 15 is 0 Å². The molecule has 4 nitrogen and oxygen atoms in total. The summed E-state index contributed by atoms with van der Waals surface area (Å²) in [4.78, 5) is 24.4. The van der Waals surface area contributed by atoms with Crippen molar-refractivity contribution in [3.05, 3.63) is 77.0 Å². The van der Waals surface area contributed by atoms with Crippen LogP contribution in [0.5, 0.6) is 0 Å². The first-order valence-corrected chi connectivity index (χ1v) is 7.35. The van der Waals surface area contributed by atoms with Crippen LogP contribution in [0, 0.1) is 19.3 Å². The van der Waals surface area contributed by atoms with Gasteiger partial charge in [-0.2, -0.15) is 0 Å². The maximum atomic E-state index is 12.3. The third kappa shape index (κ3) is 4.85. The monoisotopic (exact) mass is 319 g/mol. The molecule has 0 aliphatic heterocycles. The van der Waals surface area contributed by atoms with Gasteiger partial charge in [-0.15, -0.1) is 6.42 Å². The van der Waals surface area contributed by atoms with Crippen LogP contribution in [0.15, 0.2) is 60.3 Å². The SMILES string of the molecule is C#CCOC(=O)/C(=C/c1ccc(C)cc1)NC(=O)c1ccccc1. The highest BCUT2D eigenvalue weighted by Gasteiger charge is 2.15. The molecule has 2 aromatic carbocycles. The minimum Gasteiger partial charge on any atom is -0.448 e. The smallest absolute Gasteiger partial charge is 0.355 e. The Bertz CT molecular complexity index is 784. The van der Waals surface area contributed by atoms with E-state index in [4.69, 9.17) is 11.2 Å². The summed E-state index contributed by atoms with van der Waals surface area (Å²) in [5.74, 6) is 1.15. The number of benzene rings is 2. The largest absolute Gasteiger partial charge is 0.448 e. The first kappa shape index (κ1) is 17.0. The Morgan fingerprint density at radius 1 is 1.12 bits per heavy atom. The number of aryl methyl sites for hydroxylation is 1. The van der Waals surface area contributed by atoms with Crippen LogP contribution >= 0.6 is 0 Å². The fourth-order valence-corrected chi connectivity index (χ4v) is 1.94. The van der Waals surface area contributed by atoms with E-state index in [-0.39, 0.29) is 12.3 Å². The third-order valence-electron chi connectivity index (χ3n) is 3.18. The topological polar surface area (TPSA) is 55.4 Å². The van der Waals surface area contributed by atoms with Crippen molar-refractivity contribution in [1.82, 2.24) is 5.32 Å². The van der Waals surface area contributed by atoms with Crippen molar-refractivity contribution in [3.8, 4) is 12.3 Å². The number of hydrogen-bond acceptors (Lipinski definition) is 3. The molecule has 0 spiro atoms. The lowest BCUT2D eigenvalue weighted by Gasteiger charge is -2.09. The lowest BCUT2D eigenvalue weighted by atomic mass is 10.1. The van der Waals surface area contributed by atoms with Crippen LogP contribution in [0.4, 0.5) is 0 Å². The number of esters is 1. The molecule has 0 unspecified atom stereocenters. The lowest BCUT2D eigenvalue weighted by Crippen LogP contribution is -2.28. The van der Waals surface area contributed by atoms with E-state index in [0.29, 0.717) is 5.56 Å². The van der Waals surface area contributed by atoms with Gasteiger partial charge in [-0.25, -0.2) is 4.79 Å². The van der Waals surface area contributed by atoms with E-state index in [1.54, 1.807) is 36.4 Å². The van der Waals surface area contributed by atoms with Crippen molar-refractivity contribution in [3.63, 3.8) is 0 Å². The predicted octanol–water partition coefficient (Wildman–Crippen LogP) is 2.94. The van der Waals surface area contributed by atoms with Gasteiger partial charge in [0, 0.05) is 5.56 Å². The van der Waals surface area contributed by atoms with E-state index in [0.717, 1.165) is 11.1 Å². The standard InChI is InChI=1S/C20H17NO3/c1-3-13-24-20(23)18(14-16-11-9-15(2)10-12-16)21-19(22)17-7-5-4-6-8-17/h1,4-12,14H,13H2,2H3,(H,21,22)/b18-14-. The molecule has 0 heterocycles. The van der Waals surface area contributed by atoms with Crippen LogP contribution in [-0.4, -0.2) is 18.5 Å². The first-order valence-electron chi connectivity index (χ1n) is 7.35. The maximum Gasteiger partial charge on any atom is 0.355 e. The molecule has 0 aliphatic carbocycles. The van der Waals surface area contributed by atoms with Gasteiger partial charge in [-0.3, -0.25) is 4.79 Å². The average Bonchev–Trinajstić information content (AvgIpc) is 2.61. The Morgan fingerprint density at radius 3 is 2.42 bits per heavy atom. The van der Waals surface area contributed by atoms with E-state index < -0.39 is 11.9 Å². The number of amides is 1. The zero-order chi connectivity index (χ0) is 17.4. The molecular weight excluding hydrogens is 302 g/mol. The van der Waals surface area contributed by atoms with Gasteiger partial charge in [0.25, 0.3) is 5.91 Å². The van der Waals surface area contributed by atoms with Gasteiger partial charge < -0.3 is 10.1 Å². The quantitative estimate of drug-likeness (QED) is 0.524. The zero-order valence-corrected chi connectivity index (χ0v) is 13.3. The van der Waals surface area contributed by atoms with E-state index in [2.05, 4.69) is 11.2 Å². The highest BCUT2D eigenvalue weighted by Crippen LogP contribution is 2.10. The molecule has 0 aliphatic rings. The van der Waals surface area contributed by atoms with Gasteiger partial charge in [0.15, 0.2) is 6.61 Å². The minimum absolute atomic E-state index is 0.0305. The van der Waals surface area contributed by atoms with Crippen molar-refractivity contribution < 1.29 is 14.3 Å². The molecule has 24 heavy (non-hydrogen) atoms. The highest BCUT2D eigenvalue weighted by atomic mass is 16.5. The molecule has 0 radical (unpaired) electrons. The number of hydrogen-bond donors (Lipinski definition) is 1. The molecule has 0 aromatic heterocycles. The number of rotatable bonds is 5. The number of ether oxygens (including phenoxy) is 1. The van der Waals surface area contributed by atoms with Gasteiger partial charge >= 0.3 is 5.97 Å². The van der Waals surface area contributed by atoms with Crippen molar-refractivity contribution in [2.75, 3.05) is 6.61 Å². The van der Waals surface area contributed by atoms with E-state index in [9.17, 15) is 9.59 Å². The second-order valence-corrected chi connectivity index (χ2v) is 5.07. The third-order valence-corrected chi connectivity index (χ3v) is 3.18. The van der Waals surface area contributed by atoms with Crippen LogP contribution in [0.2, 0.25) is 0 Å².